The monoisotopic (exact) mass is 977 g/mol. The second kappa shape index (κ2) is 16.2. The Morgan fingerprint density at radius 2 is 1.25 bits per heavy atom. The molecule has 2 aromatic heterocycles. The van der Waals surface area contributed by atoms with Crippen LogP contribution in [-0.4, -0.2) is 16.7 Å². The van der Waals surface area contributed by atoms with Crippen LogP contribution in [0.3, 0.4) is 0 Å². The molecule has 6 aromatic carbocycles. The fourth-order valence-electron chi connectivity index (χ4n) is 8.01. The summed E-state index contributed by atoms with van der Waals surface area (Å²) >= 11 is 0. The minimum Gasteiger partial charge on any atom is -0.458 e. The first-order valence-corrected chi connectivity index (χ1v) is 20.5. The summed E-state index contributed by atoms with van der Waals surface area (Å²) in [6.07, 6.45) is 3.63. The molecule has 0 spiro atoms. The summed E-state index contributed by atoms with van der Waals surface area (Å²) in [6.45, 7) is 17.7. The van der Waals surface area contributed by atoms with Crippen molar-refractivity contribution in [2.75, 3.05) is 0 Å². The molecule has 305 valence electrons. The maximum Gasteiger partial charge on any atom is 0.260 e. The summed E-state index contributed by atoms with van der Waals surface area (Å²) in [4.78, 5) is 8.76. The van der Waals surface area contributed by atoms with Gasteiger partial charge in [0.1, 0.15) is 23.0 Å². The molecule has 0 unspecified atom stereocenters. The van der Waals surface area contributed by atoms with Crippen LogP contribution in [-0.2, 0) is 30.9 Å². The average Bonchev–Trinajstić information content (AvgIpc) is 3.24. The van der Waals surface area contributed by atoms with E-state index < -0.39 is 0 Å². The molecule has 0 saturated carbocycles. The third kappa shape index (κ3) is 8.17. The van der Waals surface area contributed by atoms with Crippen LogP contribution in [0.25, 0.3) is 44.4 Å². The van der Waals surface area contributed by atoms with Gasteiger partial charge in [-0.15, -0.1) is 59.7 Å². The van der Waals surface area contributed by atoms with E-state index in [4.69, 9.17) is 9.47 Å². The Balaban J connectivity index is 0.000000272. The van der Waals surface area contributed by atoms with Crippen molar-refractivity contribution in [1.29, 1.82) is 0 Å². The molecule has 8 aromatic rings. The predicted octanol–water partition coefficient (Wildman–Crippen LogP) is 12.0. The molecular weight excluding hydrogens is 931 g/mol. The van der Waals surface area contributed by atoms with Crippen molar-refractivity contribution >= 4 is 33.9 Å². The van der Waals surface area contributed by atoms with Gasteiger partial charge in [0.25, 0.3) is 6.71 Å². The zero-order valence-corrected chi connectivity index (χ0v) is 38.1. The molecule has 0 fully saturated rings. The van der Waals surface area contributed by atoms with Crippen molar-refractivity contribution < 1.29 is 34.0 Å². The zero-order chi connectivity index (χ0) is 41.9. The molecular formula is C54H46BFIrN2O2-2. The average molecular weight is 977 g/mol. The van der Waals surface area contributed by atoms with Crippen LogP contribution in [0.2, 0.25) is 0 Å². The Labute approximate surface area is 372 Å². The van der Waals surface area contributed by atoms with Crippen molar-refractivity contribution in [3.05, 3.63) is 174 Å². The maximum atomic E-state index is 12.7. The van der Waals surface area contributed by atoms with Crippen LogP contribution < -0.4 is 25.9 Å². The van der Waals surface area contributed by atoms with Crippen LogP contribution in [0.15, 0.2) is 134 Å². The minimum atomic E-state index is -0.275. The molecule has 0 atom stereocenters. The van der Waals surface area contributed by atoms with Gasteiger partial charge >= 0.3 is 0 Å². The summed E-state index contributed by atoms with van der Waals surface area (Å²) in [6, 6.07) is 47.1. The number of rotatable bonds is 3. The predicted molar refractivity (Wildman–Crippen MR) is 244 cm³/mol. The van der Waals surface area contributed by atoms with E-state index in [0.29, 0.717) is 0 Å². The van der Waals surface area contributed by atoms with Crippen molar-refractivity contribution in [2.45, 2.75) is 66.2 Å². The van der Waals surface area contributed by atoms with Crippen molar-refractivity contribution in [2.24, 2.45) is 0 Å². The number of aryl methyl sites for hydroxylation is 2. The Kier molecular flexibility index (Phi) is 11.1. The van der Waals surface area contributed by atoms with Crippen LogP contribution >= 0.6 is 0 Å². The SMILES string of the molecule is CC(C)(C)c1ccc2c(c1)B1c3cc(C(C)(C)C)ccc3Oc3c1c(cc1cc(-c4c[c-]c(-c5ccccn5)cc4)ccc31)O2.Cc1cnc(-c2[c-]cc(F)cc2)cc1C.[Ir]. The Morgan fingerprint density at radius 3 is 1.85 bits per heavy atom. The number of pyridine rings is 2. The first-order chi connectivity index (χ1) is 28.7. The summed E-state index contributed by atoms with van der Waals surface area (Å²) in [5, 5.41) is 2.17. The number of ether oxygens (including phenoxy) is 2. The Morgan fingerprint density at radius 1 is 0.590 bits per heavy atom. The topological polar surface area (TPSA) is 44.2 Å². The molecule has 4 nitrogen and oxygen atoms in total. The molecule has 2 aliphatic rings. The number of hydrogen-bond donors (Lipinski definition) is 0. The van der Waals surface area contributed by atoms with Crippen LogP contribution in [0.4, 0.5) is 4.39 Å². The Bertz CT molecular complexity index is 2890. The van der Waals surface area contributed by atoms with Crippen molar-refractivity contribution in [1.82, 2.24) is 9.97 Å². The van der Waals surface area contributed by atoms with E-state index in [1.54, 1.807) is 6.07 Å². The molecule has 0 aliphatic carbocycles. The first kappa shape index (κ1) is 41.8. The second-order valence-corrected chi connectivity index (χ2v) is 18.0. The van der Waals surface area contributed by atoms with Crippen LogP contribution in [0.5, 0.6) is 23.0 Å². The first-order valence-electron chi connectivity index (χ1n) is 20.5. The second-order valence-electron chi connectivity index (χ2n) is 18.0. The standard InChI is InChI=1S/C41H35BNO2.C13H11FN.Ir/c1-40(2,3)29-15-18-35-32(23-29)42-33-24-30(41(4,5)6)16-19-36(33)45-39-31-17-14-27(21-28(31)22-37(44-35)38(39)42)25-10-12-26(13-11-25)34-9-7-8-20-43-34;1-9-7-13(15-8-10(9)2)11-3-5-12(14)6-4-11;/h7-12,14-24H,1-6H3;3,5-8H,1-2H3;/q2*-1;. The van der Waals surface area contributed by atoms with Gasteiger partial charge in [0.2, 0.25) is 0 Å². The molecule has 7 heteroatoms. The summed E-state index contributed by atoms with van der Waals surface area (Å²) in [7, 11) is 0. The molecule has 2 aliphatic heterocycles. The third-order valence-corrected chi connectivity index (χ3v) is 11.7. The van der Waals surface area contributed by atoms with Gasteiger partial charge in [-0.1, -0.05) is 119 Å². The quantitative estimate of drug-likeness (QED) is 0.131. The van der Waals surface area contributed by atoms with Gasteiger partial charge in [-0.3, -0.25) is 4.39 Å². The smallest absolute Gasteiger partial charge is 0.260 e. The van der Waals surface area contributed by atoms with Crippen molar-refractivity contribution in [3.63, 3.8) is 0 Å². The third-order valence-electron chi connectivity index (χ3n) is 11.7. The number of hydrogen-bond acceptors (Lipinski definition) is 4. The zero-order valence-electron chi connectivity index (χ0n) is 35.7. The minimum absolute atomic E-state index is 0. The van der Waals surface area contributed by atoms with E-state index in [-0.39, 0.29) is 43.5 Å². The van der Waals surface area contributed by atoms with Crippen LogP contribution in [0.1, 0.15) is 63.8 Å². The van der Waals surface area contributed by atoms with E-state index in [0.717, 1.165) is 78.4 Å². The summed E-state index contributed by atoms with van der Waals surface area (Å²) < 4.78 is 26.3. The number of nitrogens with zero attached hydrogens (tertiary/aromatic N) is 2. The molecule has 10 rings (SSSR count). The van der Waals surface area contributed by atoms with E-state index in [2.05, 4.69) is 136 Å². The van der Waals surface area contributed by atoms with Gasteiger partial charge in [0, 0.05) is 49.2 Å². The maximum absolute atomic E-state index is 12.7. The fraction of sp³-hybridized carbons (Fsp3) is 0.185. The normalized spacial score (nSPS) is 12.4. The molecule has 1 radical (unpaired) electrons. The molecule has 0 N–H and O–H groups in total. The van der Waals surface area contributed by atoms with E-state index in [9.17, 15) is 4.39 Å². The van der Waals surface area contributed by atoms with Gasteiger partial charge in [-0.05, 0) is 93.3 Å². The summed E-state index contributed by atoms with van der Waals surface area (Å²) in [5.74, 6) is 3.30. The molecule has 61 heavy (non-hydrogen) atoms. The largest absolute Gasteiger partial charge is 0.458 e. The van der Waals surface area contributed by atoms with E-state index in [1.165, 1.54) is 39.7 Å². The van der Waals surface area contributed by atoms with Gasteiger partial charge in [0.15, 0.2) is 0 Å². The number of fused-ring (bicyclic) bond motifs is 6. The molecule has 0 amide bonds. The fourth-order valence-corrected chi connectivity index (χ4v) is 8.01. The van der Waals surface area contributed by atoms with Crippen LogP contribution in [0, 0.1) is 31.8 Å². The van der Waals surface area contributed by atoms with E-state index in [1.807, 2.05) is 56.6 Å². The Hall–Kier alpha value is -5.88. The van der Waals surface area contributed by atoms with Crippen molar-refractivity contribution in [3.8, 4) is 56.6 Å². The molecule has 0 saturated heterocycles. The molecule has 0 bridgehead atoms. The van der Waals surface area contributed by atoms with Gasteiger partial charge in [0.05, 0.1) is 0 Å². The van der Waals surface area contributed by atoms with Gasteiger partial charge in [-0.25, -0.2) is 0 Å². The van der Waals surface area contributed by atoms with Gasteiger partial charge in [-0.2, -0.15) is 0 Å². The van der Waals surface area contributed by atoms with E-state index >= 15 is 0 Å². The summed E-state index contributed by atoms with van der Waals surface area (Å²) in [5.41, 5.74) is 14.2. The van der Waals surface area contributed by atoms with Gasteiger partial charge < -0.3 is 19.4 Å². The number of benzene rings is 6. The molecule has 4 heterocycles. The number of aromatic nitrogens is 2. The number of halogens is 1.